The second kappa shape index (κ2) is 12.5. The number of allylic oxidation sites excluding steroid dienone is 2. The molecule has 2 aromatic carbocycles. The van der Waals surface area contributed by atoms with Crippen LogP contribution in [-0.4, -0.2) is 37.1 Å². The van der Waals surface area contributed by atoms with Gasteiger partial charge in [0, 0.05) is 24.8 Å². The lowest BCUT2D eigenvalue weighted by atomic mass is 10.0. The molecule has 4 rings (SSSR count). The lowest BCUT2D eigenvalue weighted by Gasteiger charge is -2.43. The van der Waals surface area contributed by atoms with Gasteiger partial charge in [-0.25, -0.2) is 9.59 Å². The first-order valence-corrected chi connectivity index (χ1v) is 16.1. The number of hydrogen-bond donors (Lipinski definition) is 1. The molecule has 1 N–H and O–H groups in total. The van der Waals surface area contributed by atoms with Crippen LogP contribution in [0.1, 0.15) is 40.2 Å². The van der Waals surface area contributed by atoms with Gasteiger partial charge in [0.25, 0.3) is 13.9 Å². The molecule has 0 saturated heterocycles. The van der Waals surface area contributed by atoms with Crippen LogP contribution >= 0.6 is 15.9 Å². The molecule has 1 aromatic heterocycles. The van der Waals surface area contributed by atoms with Crippen molar-refractivity contribution in [2.24, 2.45) is 5.92 Å². The Balaban J connectivity index is 1.74. The summed E-state index contributed by atoms with van der Waals surface area (Å²) in [6, 6.07) is 20.5. The average molecular weight is 624 g/mol. The number of carbonyl (C=O) groups is 1. The quantitative estimate of drug-likeness (QED) is 0.216. The van der Waals surface area contributed by atoms with E-state index in [9.17, 15) is 14.4 Å². The van der Waals surface area contributed by atoms with Crippen LogP contribution in [0.2, 0.25) is 5.04 Å². The first-order valence-electron chi connectivity index (χ1n) is 13.4. The van der Waals surface area contributed by atoms with Crippen LogP contribution in [0.3, 0.4) is 0 Å². The van der Waals surface area contributed by atoms with Crippen LogP contribution in [0.4, 0.5) is 0 Å². The summed E-state index contributed by atoms with van der Waals surface area (Å²) in [5.74, 6) is -0.530. The van der Waals surface area contributed by atoms with Crippen LogP contribution in [-0.2, 0) is 14.0 Å². The molecule has 0 amide bonds. The zero-order valence-electron chi connectivity index (χ0n) is 23.2. The van der Waals surface area contributed by atoms with E-state index in [0.717, 1.165) is 5.57 Å². The minimum atomic E-state index is -2.80. The van der Waals surface area contributed by atoms with Crippen molar-refractivity contribution in [1.82, 2.24) is 9.55 Å². The summed E-state index contributed by atoms with van der Waals surface area (Å²) in [5, 5.41) is 2.16. The second-order valence-electron chi connectivity index (χ2n) is 10.9. The van der Waals surface area contributed by atoms with Gasteiger partial charge in [0.2, 0.25) is 0 Å². The molecule has 1 aliphatic carbocycles. The van der Waals surface area contributed by atoms with Gasteiger partial charge in [-0.2, -0.15) is 0 Å². The maximum absolute atomic E-state index is 12.7. The van der Waals surface area contributed by atoms with Crippen molar-refractivity contribution in [3.05, 3.63) is 116 Å². The Morgan fingerprint density at radius 2 is 1.68 bits per heavy atom. The minimum absolute atomic E-state index is 0.102. The fourth-order valence-corrected chi connectivity index (χ4v) is 10.4. The molecule has 9 heteroatoms. The Morgan fingerprint density at radius 1 is 1.07 bits per heavy atom. The number of halogens is 1. The summed E-state index contributed by atoms with van der Waals surface area (Å²) >= 11 is 3.24. The summed E-state index contributed by atoms with van der Waals surface area (Å²) in [5.41, 5.74) is -0.0841. The van der Waals surface area contributed by atoms with E-state index in [4.69, 9.17) is 9.16 Å². The maximum Gasteiger partial charge on any atom is 0.330 e. The SMILES string of the molecule is CCOC(=O)C=CC1=CC(n2cc(Br)c(=O)[nH]c2=O)CC1CO[Si](c1ccccc1)(c1ccccc1)C(C)(C)C. The Hall–Kier alpha value is -3.27. The smallest absolute Gasteiger partial charge is 0.330 e. The molecular formula is C31H35BrN2O5Si. The predicted molar refractivity (Wildman–Crippen MR) is 164 cm³/mol. The number of benzene rings is 2. The summed E-state index contributed by atoms with van der Waals surface area (Å²) in [7, 11) is -2.80. The molecule has 2 unspecified atom stereocenters. The first kappa shape index (κ1) is 29.7. The fraction of sp³-hybridized carbons (Fsp3) is 0.323. The number of hydrogen-bond acceptors (Lipinski definition) is 5. The maximum atomic E-state index is 12.7. The van der Waals surface area contributed by atoms with Gasteiger partial charge >= 0.3 is 11.7 Å². The van der Waals surface area contributed by atoms with E-state index in [1.165, 1.54) is 27.2 Å². The van der Waals surface area contributed by atoms with Gasteiger partial charge in [0.05, 0.1) is 17.1 Å². The van der Waals surface area contributed by atoms with Gasteiger partial charge in [-0.3, -0.25) is 14.3 Å². The second-order valence-corrected chi connectivity index (χ2v) is 16.0. The zero-order valence-corrected chi connectivity index (χ0v) is 25.8. The van der Waals surface area contributed by atoms with E-state index in [1.807, 2.05) is 18.2 Å². The number of rotatable bonds is 9. The molecule has 0 saturated carbocycles. The predicted octanol–water partition coefficient (Wildman–Crippen LogP) is 4.48. The highest BCUT2D eigenvalue weighted by molar-refractivity contribution is 9.10. The number of esters is 1. The molecule has 0 bridgehead atoms. The van der Waals surface area contributed by atoms with Crippen molar-refractivity contribution >= 4 is 40.6 Å². The van der Waals surface area contributed by atoms with E-state index < -0.39 is 25.5 Å². The largest absolute Gasteiger partial charge is 0.463 e. The highest BCUT2D eigenvalue weighted by Gasteiger charge is 2.50. The molecule has 2 atom stereocenters. The monoisotopic (exact) mass is 622 g/mol. The highest BCUT2D eigenvalue weighted by atomic mass is 79.9. The van der Waals surface area contributed by atoms with Crippen molar-refractivity contribution in [3.63, 3.8) is 0 Å². The third-order valence-electron chi connectivity index (χ3n) is 7.28. The van der Waals surface area contributed by atoms with Crippen LogP contribution in [0.5, 0.6) is 0 Å². The topological polar surface area (TPSA) is 90.4 Å². The van der Waals surface area contributed by atoms with E-state index >= 15 is 0 Å². The van der Waals surface area contributed by atoms with Crippen molar-refractivity contribution in [3.8, 4) is 0 Å². The van der Waals surface area contributed by atoms with Crippen molar-refractivity contribution in [1.29, 1.82) is 0 Å². The van der Waals surface area contributed by atoms with Crippen LogP contribution in [0.15, 0.2) is 105 Å². The van der Waals surface area contributed by atoms with Gasteiger partial charge in [-0.05, 0) is 50.3 Å². The third-order valence-corrected chi connectivity index (χ3v) is 12.8. The Bertz CT molecular complexity index is 1470. The summed E-state index contributed by atoms with van der Waals surface area (Å²) in [4.78, 5) is 39.2. The van der Waals surface area contributed by atoms with Crippen molar-refractivity contribution in [2.75, 3.05) is 13.2 Å². The molecule has 0 radical (unpaired) electrons. The number of carbonyl (C=O) groups excluding carboxylic acids is 1. The molecule has 3 aromatic rings. The molecular weight excluding hydrogens is 588 g/mol. The van der Waals surface area contributed by atoms with Crippen molar-refractivity contribution < 1.29 is 14.0 Å². The third kappa shape index (κ3) is 6.21. The molecule has 210 valence electrons. The lowest BCUT2D eigenvalue weighted by molar-refractivity contribution is -0.137. The van der Waals surface area contributed by atoms with E-state index in [-0.39, 0.29) is 28.1 Å². The van der Waals surface area contributed by atoms with Gasteiger partial charge < -0.3 is 9.16 Å². The van der Waals surface area contributed by atoms with E-state index in [1.54, 1.807) is 13.0 Å². The molecule has 1 aliphatic rings. The van der Waals surface area contributed by atoms with Crippen LogP contribution < -0.4 is 21.6 Å². The molecule has 1 heterocycles. The lowest BCUT2D eigenvalue weighted by Crippen LogP contribution is -2.66. The number of aromatic nitrogens is 2. The van der Waals surface area contributed by atoms with Crippen LogP contribution in [0, 0.1) is 5.92 Å². The van der Waals surface area contributed by atoms with E-state index in [2.05, 4.69) is 90.2 Å². The molecule has 7 nitrogen and oxygen atoms in total. The van der Waals surface area contributed by atoms with Gasteiger partial charge in [-0.1, -0.05) is 93.6 Å². The molecule has 0 spiro atoms. The number of nitrogens with one attached hydrogen (secondary N) is 1. The fourth-order valence-electron chi connectivity index (χ4n) is 5.45. The van der Waals surface area contributed by atoms with Gasteiger partial charge in [0.15, 0.2) is 0 Å². The van der Waals surface area contributed by atoms with Gasteiger partial charge in [0.1, 0.15) is 0 Å². The number of nitrogens with zero attached hydrogens (tertiary/aromatic N) is 1. The summed E-state index contributed by atoms with van der Waals surface area (Å²) < 4.78 is 14.1. The summed E-state index contributed by atoms with van der Waals surface area (Å²) in [6.07, 6.45) is 7.21. The minimum Gasteiger partial charge on any atom is -0.463 e. The van der Waals surface area contributed by atoms with Crippen LogP contribution in [0.25, 0.3) is 0 Å². The highest BCUT2D eigenvalue weighted by Crippen LogP contribution is 2.40. The van der Waals surface area contributed by atoms with Gasteiger partial charge in [-0.15, -0.1) is 0 Å². The van der Waals surface area contributed by atoms with Crippen molar-refractivity contribution in [2.45, 2.75) is 45.2 Å². The number of H-pyrrole nitrogens is 1. The zero-order chi connectivity index (χ0) is 28.9. The number of aromatic amines is 1. The molecule has 40 heavy (non-hydrogen) atoms. The Morgan fingerprint density at radius 3 is 2.23 bits per heavy atom. The normalized spacial score (nSPS) is 17.7. The molecule has 0 aliphatic heterocycles. The average Bonchev–Trinajstić information content (AvgIpc) is 3.33. The standard InChI is InChI=1S/C31H35BrN2O5Si/c1-5-38-28(35)17-16-22-18-24(34-20-27(32)29(36)33-30(34)37)19-23(22)21-39-40(31(2,3)4,25-12-8-6-9-13-25)26-14-10-7-11-15-26/h6-18,20,23-24H,5,19,21H2,1-4H3,(H,33,36,37). The first-order chi connectivity index (χ1) is 19.1. The number of ether oxygens (including phenoxy) is 1. The molecule has 0 fully saturated rings. The Kier molecular flexibility index (Phi) is 9.28. The van der Waals surface area contributed by atoms with E-state index in [0.29, 0.717) is 13.0 Å². The Labute approximate surface area is 243 Å². The summed E-state index contributed by atoms with van der Waals surface area (Å²) in [6.45, 7) is 9.12.